The van der Waals surface area contributed by atoms with E-state index in [2.05, 4.69) is 4.90 Å². The predicted molar refractivity (Wildman–Crippen MR) is 162 cm³/mol. The van der Waals surface area contributed by atoms with Gasteiger partial charge < -0.3 is 29.0 Å². The van der Waals surface area contributed by atoms with E-state index in [9.17, 15) is 14.7 Å². The molecule has 0 radical (unpaired) electrons. The van der Waals surface area contributed by atoms with Crippen molar-refractivity contribution in [3.8, 4) is 17.2 Å². The molecule has 0 bridgehead atoms. The summed E-state index contributed by atoms with van der Waals surface area (Å²) < 4.78 is 22.6. The molecule has 3 aromatic carbocycles. The number of nitrogens with zero attached hydrogens (tertiary/aromatic N) is 2. The minimum atomic E-state index is -0.789. The fraction of sp³-hybridized carbons (Fsp3) is 0.353. The first-order valence-electron chi connectivity index (χ1n) is 14.7. The van der Waals surface area contributed by atoms with Crippen LogP contribution in [-0.4, -0.2) is 79.7 Å². The van der Waals surface area contributed by atoms with Gasteiger partial charge in [0.1, 0.15) is 18.1 Å². The van der Waals surface area contributed by atoms with Gasteiger partial charge in [0, 0.05) is 31.7 Å². The molecular formula is C34H38N2O7. The van der Waals surface area contributed by atoms with Crippen LogP contribution in [0.2, 0.25) is 0 Å². The number of benzene rings is 3. The quantitative estimate of drug-likeness (QED) is 0.183. The molecular weight excluding hydrogens is 548 g/mol. The van der Waals surface area contributed by atoms with E-state index in [1.807, 2.05) is 43.3 Å². The van der Waals surface area contributed by atoms with Crippen LogP contribution in [0.25, 0.3) is 5.76 Å². The lowest BCUT2D eigenvalue weighted by molar-refractivity contribution is -0.140. The molecule has 3 aromatic rings. The molecule has 2 heterocycles. The Morgan fingerprint density at radius 2 is 1.67 bits per heavy atom. The van der Waals surface area contributed by atoms with E-state index < -0.39 is 17.7 Å². The Morgan fingerprint density at radius 1 is 0.930 bits per heavy atom. The van der Waals surface area contributed by atoms with Crippen molar-refractivity contribution in [3.63, 3.8) is 0 Å². The molecule has 1 atom stereocenters. The van der Waals surface area contributed by atoms with Gasteiger partial charge in [0.2, 0.25) is 0 Å². The molecule has 0 aliphatic carbocycles. The smallest absolute Gasteiger partial charge is 0.295 e. The number of amides is 1. The Bertz CT molecular complexity index is 1430. The van der Waals surface area contributed by atoms with Gasteiger partial charge >= 0.3 is 0 Å². The summed E-state index contributed by atoms with van der Waals surface area (Å²) in [4.78, 5) is 30.8. The van der Waals surface area contributed by atoms with Crippen molar-refractivity contribution >= 4 is 17.4 Å². The van der Waals surface area contributed by atoms with Crippen LogP contribution >= 0.6 is 0 Å². The molecule has 0 spiro atoms. The molecule has 1 amide bonds. The Kier molecular flexibility index (Phi) is 9.96. The number of carbonyl (C=O) groups excluding carboxylic acids is 2. The minimum Gasteiger partial charge on any atom is -0.507 e. The highest BCUT2D eigenvalue weighted by Crippen LogP contribution is 2.42. The molecule has 9 heteroatoms. The van der Waals surface area contributed by atoms with Gasteiger partial charge in [0.05, 0.1) is 38.5 Å². The zero-order valence-corrected chi connectivity index (χ0v) is 24.7. The summed E-state index contributed by atoms with van der Waals surface area (Å²) in [6.07, 6.45) is 0.672. The number of Topliss-reactive ketones (excluding diaryl/α,β-unsaturated/α-hetero) is 1. The number of likely N-dealkylation sites (tertiary alicyclic amines) is 1. The van der Waals surface area contributed by atoms with Crippen molar-refractivity contribution in [1.29, 1.82) is 0 Å². The summed E-state index contributed by atoms with van der Waals surface area (Å²) in [5, 5.41) is 11.5. The zero-order valence-electron chi connectivity index (χ0n) is 24.7. The fourth-order valence-corrected chi connectivity index (χ4v) is 5.48. The number of rotatable bonds is 12. The topological polar surface area (TPSA) is 97.8 Å². The molecule has 43 heavy (non-hydrogen) atoms. The first kappa shape index (κ1) is 30.1. The van der Waals surface area contributed by atoms with Gasteiger partial charge in [-0.3, -0.25) is 14.5 Å². The van der Waals surface area contributed by atoms with E-state index in [1.54, 1.807) is 48.4 Å². The highest BCUT2D eigenvalue weighted by atomic mass is 16.5. The summed E-state index contributed by atoms with van der Waals surface area (Å²) in [6.45, 7) is 6.92. The number of hydrogen-bond donors (Lipinski definition) is 1. The number of ketones is 1. The van der Waals surface area contributed by atoms with Gasteiger partial charge in [-0.05, 0) is 60.9 Å². The Labute approximate surface area is 252 Å². The maximum atomic E-state index is 13.5. The van der Waals surface area contributed by atoms with Crippen LogP contribution in [0, 0.1) is 0 Å². The van der Waals surface area contributed by atoms with E-state index >= 15 is 0 Å². The Morgan fingerprint density at radius 3 is 2.37 bits per heavy atom. The average molecular weight is 587 g/mol. The van der Waals surface area contributed by atoms with Gasteiger partial charge in [-0.25, -0.2) is 0 Å². The van der Waals surface area contributed by atoms with Crippen LogP contribution in [0.1, 0.15) is 36.1 Å². The molecule has 0 saturated carbocycles. The Hall–Kier alpha value is -4.34. The molecule has 1 unspecified atom stereocenters. The average Bonchev–Trinajstić information content (AvgIpc) is 3.30. The predicted octanol–water partition coefficient (Wildman–Crippen LogP) is 4.82. The first-order chi connectivity index (χ1) is 21.0. The van der Waals surface area contributed by atoms with E-state index in [0.717, 1.165) is 25.2 Å². The van der Waals surface area contributed by atoms with Gasteiger partial charge in [-0.15, -0.1) is 0 Å². The number of aliphatic hydroxyl groups is 1. The molecule has 9 nitrogen and oxygen atoms in total. The summed E-state index contributed by atoms with van der Waals surface area (Å²) in [5.41, 5.74) is 2.14. The second-order valence-corrected chi connectivity index (χ2v) is 10.4. The monoisotopic (exact) mass is 586 g/mol. The molecule has 2 saturated heterocycles. The van der Waals surface area contributed by atoms with Crippen LogP contribution in [0.15, 0.2) is 78.4 Å². The van der Waals surface area contributed by atoms with Gasteiger partial charge in [-0.1, -0.05) is 36.4 Å². The third kappa shape index (κ3) is 7.01. The number of aliphatic hydroxyl groups excluding tert-OH is 1. The van der Waals surface area contributed by atoms with E-state index in [4.69, 9.17) is 18.9 Å². The molecule has 0 aromatic heterocycles. The van der Waals surface area contributed by atoms with Crippen LogP contribution in [0.4, 0.5) is 0 Å². The third-order valence-electron chi connectivity index (χ3n) is 7.70. The van der Waals surface area contributed by atoms with E-state index in [1.165, 1.54) is 0 Å². The minimum absolute atomic E-state index is 0.0422. The maximum Gasteiger partial charge on any atom is 0.295 e. The van der Waals surface area contributed by atoms with Crippen molar-refractivity contribution in [3.05, 3.63) is 95.1 Å². The lowest BCUT2D eigenvalue weighted by atomic mass is 9.95. The summed E-state index contributed by atoms with van der Waals surface area (Å²) in [7, 11) is 1.54. The SMILES string of the molecule is CCOc1ccc(C2/C(=C(\O)c3ccc(OCc4ccccc4)cc3)C(=O)C(=O)N2CCCN2CCOCC2)cc1OC. The second-order valence-electron chi connectivity index (χ2n) is 10.4. The highest BCUT2D eigenvalue weighted by molar-refractivity contribution is 6.46. The first-order valence-corrected chi connectivity index (χ1v) is 14.7. The van der Waals surface area contributed by atoms with Crippen LogP contribution in [0.5, 0.6) is 17.2 Å². The van der Waals surface area contributed by atoms with Gasteiger partial charge in [0.15, 0.2) is 11.5 Å². The van der Waals surface area contributed by atoms with Crippen LogP contribution in [0.3, 0.4) is 0 Å². The molecule has 1 N–H and O–H groups in total. The Balaban J connectivity index is 1.44. The van der Waals surface area contributed by atoms with E-state index in [0.29, 0.717) is 67.8 Å². The number of hydrogen-bond acceptors (Lipinski definition) is 8. The molecule has 2 aliphatic heterocycles. The van der Waals surface area contributed by atoms with Crippen molar-refractivity contribution < 1.29 is 33.6 Å². The molecule has 5 rings (SSSR count). The molecule has 2 aliphatic rings. The van der Waals surface area contributed by atoms with E-state index in [-0.39, 0.29) is 11.3 Å². The van der Waals surface area contributed by atoms with Crippen LogP contribution in [-0.2, 0) is 20.9 Å². The summed E-state index contributed by atoms with van der Waals surface area (Å²) in [5.74, 6) is 0.0795. The van der Waals surface area contributed by atoms with Gasteiger partial charge in [-0.2, -0.15) is 0 Å². The van der Waals surface area contributed by atoms with Crippen molar-refractivity contribution in [2.24, 2.45) is 0 Å². The lowest BCUT2D eigenvalue weighted by Crippen LogP contribution is -2.39. The van der Waals surface area contributed by atoms with Crippen LogP contribution < -0.4 is 14.2 Å². The number of methoxy groups -OCH3 is 1. The standard InChI is InChI=1S/C34H38N2O7/c1-3-42-28-15-12-26(22-29(28)40-2)31-30(33(38)34(39)36(31)17-7-16-35-18-20-41-21-19-35)32(37)25-10-13-27(14-11-25)43-23-24-8-5-4-6-9-24/h4-6,8-15,22,31,37H,3,7,16-21,23H2,1-2H3/b32-30+. The largest absolute Gasteiger partial charge is 0.507 e. The van der Waals surface area contributed by atoms with Crippen molar-refractivity contribution in [1.82, 2.24) is 9.80 Å². The maximum absolute atomic E-state index is 13.5. The molecule has 226 valence electrons. The summed E-state index contributed by atoms with van der Waals surface area (Å²) in [6, 6.07) is 21.2. The van der Waals surface area contributed by atoms with Crippen molar-refractivity contribution in [2.75, 3.05) is 53.1 Å². The normalized spacial score (nSPS) is 18.6. The van der Waals surface area contributed by atoms with Gasteiger partial charge in [0.25, 0.3) is 11.7 Å². The van der Waals surface area contributed by atoms with Crippen molar-refractivity contribution in [2.45, 2.75) is 26.0 Å². The fourth-order valence-electron chi connectivity index (χ4n) is 5.48. The summed E-state index contributed by atoms with van der Waals surface area (Å²) >= 11 is 0. The number of ether oxygens (including phenoxy) is 4. The molecule has 2 fully saturated rings. The lowest BCUT2D eigenvalue weighted by Gasteiger charge is -2.29. The zero-order chi connectivity index (χ0) is 30.2. The number of morpholine rings is 1. The highest BCUT2D eigenvalue weighted by Gasteiger charge is 2.46. The second kappa shape index (κ2) is 14.2. The third-order valence-corrected chi connectivity index (χ3v) is 7.70. The number of carbonyl (C=O) groups is 2.